The number of carbonyl (C=O) groups excluding carboxylic acids is 1. The van der Waals surface area contributed by atoms with Crippen molar-refractivity contribution in [3.63, 3.8) is 0 Å². The quantitative estimate of drug-likeness (QED) is 0.415. The molecule has 2 heterocycles. The van der Waals surface area contributed by atoms with E-state index in [0.717, 1.165) is 54.4 Å². The summed E-state index contributed by atoms with van der Waals surface area (Å²) in [5.41, 5.74) is 11.1. The maximum absolute atomic E-state index is 11.4. The lowest BCUT2D eigenvalue weighted by molar-refractivity contribution is 0.100. The molecule has 1 aliphatic heterocycles. The van der Waals surface area contributed by atoms with Crippen LogP contribution in [0.2, 0.25) is 0 Å². The van der Waals surface area contributed by atoms with Crippen molar-refractivity contribution in [3.05, 3.63) is 83.4 Å². The van der Waals surface area contributed by atoms with Crippen LogP contribution in [-0.2, 0) is 6.54 Å². The minimum absolute atomic E-state index is 0.448. The number of aryl methyl sites for hydroxylation is 1. The molecule has 0 bridgehead atoms. The van der Waals surface area contributed by atoms with Crippen molar-refractivity contribution in [2.75, 3.05) is 19.7 Å². The summed E-state index contributed by atoms with van der Waals surface area (Å²) in [6.45, 7) is 6.08. The van der Waals surface area contributed by atoms with Gasteiger partial charge in [-0.3, -0.25) is 9.69 Å². The van der Waals surface area contributed by atoms with E-state index < -0.39 is 5.91 Å². The molecule has 1 aromatic heterocycles. The number of carbonyl (C=O) groups is 1. The third-order valence-electron chi connectivity index (χ3n) is 6.51. The van der Waals surface area contributed by atoms with E-state index in [9.17, 15) is 4.79 Å². The third kappa shape index (κ3) is 5.13. The molecule has 0 saturated carbocycles. The third-order valence-corrected chi connectivity index (χ3v) is 6.51. The summed E-state index contributed by atoms with van der Waals surface area (Å²) in [5.74, 6) is 1.71. The molecule has 6 nitrogen and oxygen atoms in total. The lowest BCUT2D eigenvalue weighted by atomic mass is 9.98. The van der Waals surface area contributed by atoms with Crippen LogP contribution >= 0.6 is 0 Å². The van der Waals surface area contributed by atoms with Gasteiger partial charge in [0, 0.05) is 30.1 Å². The van der Waals surface area contributed by atoms with Crippen LogP contribution in [-0.4, -0.2) is 40.5 Å². The highest BCUT2D eigenvalue weighted by molar-refractivity contribution is 5.96. The predicted octanol–water partition coefficient (Wildman–Crippen LogP) is 4.93. The lowest BCUT2D eigenvalue weighted by Crippen LogP contribution is -2.37. The Bertz CT molecular complexity index is 1280. The fourth-order valence-electron chi connectivity index (χ4n) is 4.61. The Morgan fingerprint density at radius 2 is 1.91 bits per heavy atom. The molecule has 3 aromatic carbocycles. The van der Waals surface area contributed by atoms with Gasteiger partial charge in [-0.05, 0) is 74.3 Å². The second-order valence-electron chi connectivity index (χ2n) is 9.25. The number of H-pyrrole nitrogens is 1. The molecule has 6 heteroatoms. The molecule has 1 saturated heterocycles. The van der Waals surface area contributed by atoms with Gasteiger partial charge in [0.2, 0.25) is 5.91 Å². The topological polar surface area (TPSA) is 84.2 Å². The van der Waals surface area contributed by atoms with Crippen molar-refractivity contribution < 1.29 is 9.53 Å². The number of likely N-dealkylation sites (tertiary alicyclic amines) is 1. The monoisotopic (exact) mass is 454 g/mol. The first-order valence-corrected chi connectivity index (χ1v) is 11.8. The van der Waals surface area contributed by atoms with Crippen molar-refractivity contribution in [1.82, 2.24) is 14.9 Å². The Hall–Kier alpha value is -3.64. The van der Waals surface area contributed by atoms with Gasteiger partial charge in [-0.2, -0.15) is 0 Å². The van der Waals surface area contributed by atoms with Gasteiger partial charge in [-0.15, -0.1) is 0 Å². The molecule has 0 radical (unpaired) electrons. The van der Waals surface area contributed by atoms with Crippen LogP contribution < -0.4 is 10.5 Å². The van der Waals surface area contributed by atoms with Gasteiger partial charge in [0.05, 0.1) is 17.6 Å². The van der Waals surface area contributed by atoms with Crippen LogP contribution in [0.15, 0.2) is 66.7 Å². The van der Waals surface area contributed by atoms with Gasteiger partial charge in [0.1, 0.15) is 11.6 Å². The Balaban J connectivity index is 1.18. The molecule has 1 fully saturated rings. The summed E-state index contributed by atoms with van der Waals surface area (Å²) in [7, 11) is 0. The normalized spacial score (nSPS) is 16.6. The van der Waals surface area contributed by atoms with Gasteiger partial charge in [-0.25, -0.2) is 4.98 Å². The molecule has 0 spiro atoms. The second kappa shape index (κ2) is 9.69. The van der Waals surface area contributed by atoms with Crippen molar-refractivity contribution in [1.29, 1.82) is 0 Å². The van der Waals surface area contributed by atoms with E-state index in [-0.39, 0.29) is 0 Å². The van der Waals surface area contributed by atoms with E-state index in [1.54, 1.807) is 18.2 Å². The zero-order chi connectivity index (χ0) is 23.5. The number of aromatic amines is 1. The second-order valence-corrected chi connectivity index (χ2v) is 9.25. The summed E-state index contributed by atoms with van der Waals surface area (Å²) in [6.07, 6.45) is 2.41. The number of nitrogens with two attached hydrogens (primary N) is 1. The molecule has 3 N–H and O–H groups in total. The Labute approximate surface area is 199 Å². The number of ether oxygens (including phenoxy) is 1. The highest BCUT2D eigenvalue weighted by atomic mass is 16.5. The first kappa shape index (κ1) is 22.2. The molecule has 5 rings (SSSR count). The average Bonchev–Trinajstić information content (AvgIpc) is 3.28. The van der Waals surface area contributed by atoms with Gasteiger partial charge < -0.3 is 15.5 Å². The molecular formula is C28H30N4O2. The van der Waals surface area contributed by atoms with E-state index in [2.05, 4.69) is 46.1 Å². The van der Waals surface area contributed by atoms with Crippen LogP contribution in [0.25, 0.3) is 22.4 Å². The molecule has 1 atom stereocenters. The SMILES string of the molecule is Cc1ccc(CN2CCCC(COc3ccc(-c4nc5ccc(C(N)=O)cc5[nH]4)cc3)C2)cc1. The van der Waals surface area contributed by atoms with Gasteiger partial charge in [0.25, 0.3) is 0 Å². The molecule has 174 valence electrons. The zero-order valence-electron chi connectivity index (χ0n) is 19.5. The Morgan fingerprint density at radius 3 is 2.68 bits per heavy atom. The van der Waals surface area contributed by atoms with Gasteiger partial charge in [-0.1, -0.05) is 29.8 Å². The summed E-state index contributed by atoms with van der Waals surface area (Å²) in [5, 5.41) is 0. The predicted molar refractivity (Wildman–Crippen MR) is 135 cm³/mol. The van der Waals surface area contributed by atoms with Crippen LogP contribution in [0.5, 0.6) is 5.75 Å². The van der Waals surface area contributed by atoms with E-state index in [1.165, 1.54) is 24.0 Å². The number of hydrogen-bond acceptors (Lipinski definition) is 4. The van der Waals surface area contributed by atoms with E-state index in [0.29, 0.717) is 11.5 Å². The van der Waals surface area contributed by atoms with Crippen molar-refractivity contribution in [2.24, 2.45) is 11.7 Å². The largest absolute Gasteiger partial charge is 0.493 e. The highest BCUT2D eigenvalue weighted by Crippen LogP contribution is 2.25. The number of nitrogens with zero attached hydrogens (tertiary/aromatic N) is 2. The maximum atomic E-state index is 11.4. The van der Waals surface area contributed by atoms with Crippen molar-refractivity contribution in [3.8, 4) is 17.1 Å². The number of aromatic nitrogens is 2. The smallest absolute Gasteiger partial charge is 0.248 e. The number of amides is 1. The minimum Gasteiger partial charge on any atom is -0.493 e. The van der Waals surface area contributed by atoms with Crippen molar-refractivity contribution in [2.45, 2.75) is 26.3 Å². The number of nitrogens with one attached hydrogen (secondary N) is 1. The minimum atomic E-state index is -0.448. The zero-order valence-corrected chi connectivity index (χ0v) is 19.5. The average molecular weight is 455 g/mol. The summed E-state index contributed by atoms with van der Waals surface area (Å²) in [4.78, 5) is 21.9. The van der Waals surface area contributed by atoms with E-state index >= 15 is 0 Å². The number of primary amides is 1. The Kier molecular flexibility index (Phi) is 6.32. The fraction of sp³-hybridized carbons (Fsp3) is 0.286. The van der Waals surface area contributed by atoms with E-state index in [4.69, 9.17) is 10.5 Å². The number of rotatable bonds is 7. The van der Waals surface area contributed by atoms with Crippen LogP contribution in [0.1, 0.15) is 34.3 Å². The number of fused-ring (bicyclic) bond motifs is 1. The molecule has 4 aromatic rings. The molecule has 0 aliphatic carbocycles. The first-order chi connectivity index (χ1) is 16.5. The standard InChI is InChI=1S/C28H30N4O2/c1-19-4-6-20(7-5-19)16-32-14-2-3-21(17-32)18-34-24-11-8-22(9-12-24)28-30-25-13-10-23(27(29)33)15-26(25)31-28/h4-13,15,21H,2-3,14,16-18H2,1H3,(H2,29,33)(H,30,31). The summed E-state index contributed by atoms with van der Waals surface area (Å²) >= 11 is 0. The van der Waals surface area contributed by atoms with Gasteiger partial charge in [0.15, 0.2) is 0 Å². The number of piperidine rings is 1. The molecular weight excluding hydrogens is 424 g/mol. The molecule has 34 heavy (non-hydrogen) atoms. The van der Waals surface area contributed by atoms with Crippen LogP contribution in [0, 0.1) is 12.8 Å². The molecule has 1 amide bonds. The highest BCUT2D eigenvalue weighted by Gasteiger charge is 2.20. The van der Waals surface area contributed by atoms with Gasteiger partial charge >= 0.3 is 0 Å². The van der Waals surface area contributed by atoms with Crippen LogP contribution in [0.3, 0.4) is 0 Å². The number of benzene rings is 3. The maximum Gasteiger partial charge on any atom is 0.248 e. The van der Waals surface area contributed by atoms with Crippen LogP contribution in [0.4, 0.5) is 0 Å². The summed E-state index contributed by atoms with van der Waals surface area (Å²) < 4.78 is 6.14. The number of imidazole rings is 1. The van der Waals surface area contributed by atoms with Crippen molar-refractivity contribution >= 4 is 16.9 Å². The Morgan fingerprint density at radius 1 is 1.12 bits per heavy atom. The first-order valence-electron chi connectivity index (χ1n) is 11.8. The fourth-order valence-corrected chi connectivity index (χ4v) is 4.61. The molecule has 1 aliphatic rings. The summed E-state index contributed by atoms with van der Waals surface area (Å²) in [6, 6.07) is 22.1. The number of hydrogen-bond donors (Lipinski definition) is 2. The lowest BCUT2D eigenvalue weighted by Gasteiger charge is -2.32. The van der Waals surface area contributed by atoms with E-state index in [1.807, 2.05) is 24.3 Å². The molecule has 1 unspecified atom stereocenters.